The molecule has 0 aliphatic rings. The lowest BCUT2D eigenvalue weighted by atomic mass is 10.1. The van der Waals surface area contributed by atoms with Crippen molar-refractivity contribution >= 4 is 73.7 Å². The van der Waals surface area contributed by atoms with Crippen LogP contribution in [0.1, 0.15) is 5.56 Å². The lowest BCUT2D eigenvalue weighted by Crippen LogP contribution is -2.32. The Labute approximate surface area is 174 Å². The SMILES string of the molecule is N[C@@H](Cc1ccc(Oc2c(I)cc(O)c(I)c2I)cc1)C(=O)O. The minimum Gasteiger partial charge on any atom is -0.507 e. The second-order valence-corrected chi connectivity index (χ2v) is 8.05. The molecule has 5 nitrogen and oxygen atoms in total. The van der Waals surface area contributed by atoms with Crippen LogP contribution < -0.4 is 10.5 Å². The van der Waals surface area contributed by atoms with Crippen molar-refractivity contribution in [3.63, 3.8) is 0 Å². The van der Waals surface area contributed by atoms with Crippen molar-refractivity contribution in [1.82, 2.24) is 0 Å². The molecule has 0 radical (unpaired) electrons. The summed E-state index contributed by atoms with van der Waals surface area (Å²) < 4.78 is 8.29. The second kappa shape index (κ2) is 8.16. The van der Waals surface area contributed by atoms with E-state index in [9.17, 15) is 9.90 Å². The molecule has 122 valence electrons. The lowest BCUT2D eigenvalue weighted by Gasteiger charge is -2.13. The molecule has 2 rings (SSSR count). The van der Waals surface area contributed by atoms with Crippen molar-refractivity contribution in [2.24, 2.45) is 5.73 Å². The Morgan fingerprint density at radius 1 is 1.17 bits per heavy atom. The smallest absolute Gasteiger partial charge is 0.320 e. The fraction of sp³-hybridized carbons (Fsp3) is 0.133. The number of carbonyl (C=O) groups is 1. The van der Waals surface area contributed by atoms with Gasteiger partial charge in [-0.1, -0.05) is 12.1 Å². The summed E-state index contributed by atoms with van der Waals surface area (Å²) in [6.07, 6.45) is 0.266. The van der Waals surface area contributed by atoms with Crippen molar-refractivity contribution in [3.05, 3.63) is 46.6 Å². The van der Waals surface area contributed by atoms with Gasteiger partial charge in [0.2, 0.25) is 0 Å². The maximum absolute atomic E-state index is 10.8. The number of hydrogen-bond donors (Lipinski definition) is 3. The molecular weight excluding hydrogens is 639 g/mol. The first-order chi connectivity index (χ1) is 10.8. The summed E-state index contributed by atoms with van der Waals surface area (Å²) in [4.78, 5) is 10.8. The largest absolute Gasteiger partial charge is 0.507 e. The van der Waals surface area contributed by atoms with Gasteiger partial charge in [-0.3, -0.25) is 4.79 Å². The van der Waals surface area contributed by atoms with Gasteiger partial charge in [-0.25, -0.2) is 0 Å². The average Bonchev–Trinajstić information content (AvgIpc) is 2.51. The van der Waals surface area contributed by atoms with E-state index in [2.05, 4.69) is 67.8 Å². The molecule has 4 N–H and O–H groups in total. The van der Waals surface area contributed by atoms with E-state index in [1.807, 2.05) is 0 Å². The van der Waals surface area contributed by atoms with Crippen molar-refractivity contribution in [2.45, 2.75) is 12.5 Å². The molecule has 0 amide bonds. The van der Waals surface area contributed by atoms with Crippen LogP contribution in [0.3, 0.4) is 0 Å². The van der Waals surface area contributed by atoms with Gasteiger partial charge in [-0.2, -0.15) is 0 Å². The van der Waals surface area contributed by atoms with E-state index in [4.69, 9.17) is 15.6 Å². The summed E-state index contributed by atoms with van der Waals surface area (Å²) in [7, 11) is 0. The first-order valence-electron chi connectivity index (χ1n) is 6.41. The van der Waals surface area contributed by atoms with Gasteiger partial charge < -0.3 is 20.7 Å². The van der Waals surface area contributed by atoms with Gasteiger partial charge in [-0.05, 0) is 98.0 Å². The minimum atomic E-state index is -1.02. The molecule has 0 heterocycles. The Hall–Kier alpha value is -0.340. The molecule has 0 saturated heterocycles. The molecule has 0 aliphatic heterocycles. The van der Waals surface area contributed by atoms with Crippen molar-refractivity contribution in [1.29, 1.82) is 0 Å². The van der Waals surface area contributed by atoms with Gasteiger partial charge in [-0.15, -0.1) is 0 Å². The number of rotatable bonds is 5. The van der Waals surface area contributed by atoms with Crippen LogP contribution >= 0.6 is 67.8 Å². The van der Waals surface area contributed by atoms with E-state index in [1.54, 1.807) is 30.3 Å². The van der Waals surface area contributed by atoms with Crippen LogP contribution in [-0.4, -0.2) is 22.2 Å². The number of hydrogen-bond acceptors (Lipinski definition) is 4. The molecule has 0 spiro atoms. The molecule has 23 heavy (non-hydrogen) atoms. The number of carboxylic acids is 1. The molecule has 1 atom stereocenters. The predicted molar refractivity (Wildman–Crippen MR) is 112 cm³/mol. The number of aromatic hydroxyl groups is 1. The standard InChI is InChI=1S/C15H12I3NO4/c16-9-6-11(20)12(17)13(18)14(9)23-8-3-1-7(2-4-8)5-10(19)15(21)22/h1-4,6,10,20H,5,19H2,(H,21,22)/t10-/m0/s1. The summed E-state index contributed by atoms with van der Waals surface area (Å²) in [6, 6.07) is 7.88. The highest BCUT2D eigenvalue weighted by molar-refractivity contribution is 14.1. The number of carboxylic acid groups (broad SMARTS) is 1. The van der Waals surface area contributed by atoms with Crippen LogP contribution in [0.4, 0.5) is 0 Å². The first kappa shape index (κ1) is 19.0. The molecule has 2 aromatic rings. The van der Waals surface area contributed by atoms with Gasteiger partial charge in [0.1, 0.15) is 17.5 Å². The maximum Gasteiger partial charge on any atom is 0.320 e. The zero-order chi connectivity index (χ0) is 17.1. The van der Waals surface area contributed by atoms with Gasteiger partial charge in [0, 0.05) is 0 Å². The van der Waals surface area contributed by atoms with E-state index in [0.717, 1.165) is 16.3 Å². The van der Waals surface area contributed by atoms with Gasteiger partial charge in [0.15, 0.2) is 5.75 Å². The summed E-state index contributed by atoms with van der Waals surface area (Å²) in [5.74, 6) is 0.524. The van der Waals surface area contributed by atoms with E-state index in [1.165, 1.54) is 0 Å². The third-order valence-corrected chi connectivity index (χ3v) is 6.97. The molecule has 0 saturated carbocycles. The fourth-order valence-corrected chi connectivity index (χ4v) is 4.08. The monoisotopic (exact) mass is 651 g/mol. The Morgan fingerprint density at radius 3 is 2.35 bits per heavy atom. The van der Waals surface area contributed by atoms with Crippen molar-refractivity contribution in [3.8, 4) is 17.2 Å². The van der Waals surface area contributed by atoms with Crippen LogP contribution in [0.15, 0.2) is 30.3 Å². The number of phenolic OH excluding ortho intramolecular Hbond substituents is 1. The van der Waals surface area contributed by atoms with E-state index in [-0.39, 0.29) is 12.2 Å². The van der Waals surface area contributed by atoms with Crippen molar-refractivity contribution < 1.29 is 19.7 Å². The number of halogens is 3. The van der Waals surface area contributed by atoms with Gasteiger partial charge in [0.25, 0.3) is 0 Å². The number of nitrogens with two attached hydrogens (primary N) is 1. The Morgan fingerprint density at radius 2 is 1.78 bits per heavy atom. The number of ether oxygens (including phenoxy) is 1. The molecular formula is C15H12I3NO4. The molecule has 0 fully saturated rings. The Balaban J connectivity index is 2.19. The highest BCUT2D eigenvalue weighted by Crippen LogP contribution is 2.38. The Bertz CT molecular complexity index is 734. The van der Waals surface area contributed by atoms with E-state index in [0.29, 0.717) is 11.5 Å². The van der Waals surface area contributed by atoms with Crippen molar-refractivity contribution in [2.75, 3.05) is 0 Å². The fourth-order valence-electron chi connectivity index (χ4n) is 1.81. The van der Waals surface area contributed by atoms with E-state index < -0.39 is 12.0 Å². The van der Waals surface area contributed by atoms with Crippen LogP contribution in [0.25, 0.3) is 0 Å². The lowest BCUT2D eigenvalue weighted by molar-refractivity contribution is -0.138. The maximum atomic E-state index is 10.8. The van der Waals surface area contributed by atoms with Gasteiger partial charge in [0.05, 0.1) is 10.7 Å². The third-order valence-electron chi connectivity index (χ3n) is 3.01. The molecule has 0 aromatic heterocycles. The normalized spacial score (nSPS) is 12.0. The molecule has 0 bridgehead atoms. The highest BCUT2D eigenvalue weighted by Gasteiger charge is 2.16. The molecule has 0 aliphatic carbocycles. The van der Waals surface area contributed by atoms with Crippen LogP contribution in [0.5, 0.6) is 17.2 Å². The number of aliphatic carboxylic acids is 1. The predicted octanol–water partition coefficient (Wildman–Crippen LogP) is 3.95. The summed E-state index contributed by atoms with van der Waals surface area (Å²) in [5, 5.41) is 18.6. The minimum absolute atomic E-state index is 0.227. The average molecular weight is 651 g/mol. The third kappa shape index (κ3) is 4.82. The molecule has 8 heteroatoms. The number of phenols is 1. The first-order valence-corrected chi connectivity index (χ1v) is 9.65. The highest BCUT2D eigenvalue weighted by atomic mass is 127. The van der Waals surface area contributed by atoms with Crippen LogP contribution in [0.2, 0.25) is 0 Å². The zero-order valence-electron chi connectivity index (χ0n) is 11.6. The zero-order valence-corrected chi connectivity index (χ0v) is 18.1. The van der Waals surface area contributed by atoms with Crippen LogP contribution in [-0.2, 0) is 11.2 Å². The molecule has 2 aromatic carbocycles. The topological polar surface area (TPSA) is 92.8 Å². The number of benzene rings is 2. The summed E-state index contributed by atoms with van der Waals surface area (Å²) in [5.41, 5.74) is 6.35. The van der Waals surface area contributed by atoms with Gasteiger partial charge >= 0.3 is 5.97 Å². The summed E-state index contributed by atoms with van der Waals surface area (Å²) in [6.45, 7) is 0. The second-order valence-electron chi connectivity index (χ2n) is 4.73. The quantitative estimate of drug-likeness (QED) is 0.337. The molecule has 0 unspecified atom stereocenters. The Kier molecular flexibility index (Phi) is 6.74. The summed E-state index contributed by atoms with van der Waals surface area (Å²) >= 11 is 6.31. The van der Waals surface area contributed by atoms with E-state index >= 15 is 0 Å². The van der Waals surface area contributed by atoms with Crippen LogP contribution in [0, 0.1) is 10.7 Å².